The van der Waals surface area contributed by atoms with Crippen molar-refractivity contribution < 1.29 is 9.21 Å². The van der Waals surface area contributed by atoms with Gasteiger partial charge in [0.15, 0.2) is 0 Å². The van der Waals surface area contributed by atoms with E-state index in [9.17, 15) is 9.59 Å². The third-order valence-electron chi connectivity index (χ3n) is 3.94. The van der Waals surface area contributed by atoms with Gasteiger partial charge in [-0.3, -0.25) is 14.2 Å². The SMILES string of the molecule is O=C(Cn1cnc2c(oc3ccccc32)c1=O)Nc1c(Cl)cc(Cl)cc1Cl. The molecule has 2 heterocycles. The molecule has 0 unspecified atom stereocenters. The predicted octanol–water partition coefficient (Wildman–Crippen LogP) is 4.74. The topological polar surface area (TPSA) is 77.1 Å². The summed E-state index contributed by atoms with van der Waals surface area (Å²) in [5, 5.41) is 4.05. The van der Waals surface area contributed by atoms with Crippen LogP contribution in [-0.2, 0) is 11.3 Å². The van der Waals surface area contributed by atoms with E-state index in [1.165, 1.54) is 18.5 Å². The maximum Gasteiger partial charge on any atom is 0.297 e. The summed E-state index contributed by atoms with van der Waals surface area (Å²) in [6.45, 7) is -0.284. The van der Waals surface area contributed by atoms with Crippen molar-refractivity contribution >= 4 is 68.5 Å². The minimum Gasteiger partial charge on any atom is -0.448 e. The number of nitrogens with zero attached hydrogens (tertiary/aromatic N) is 2. The van der Waals surface area contributed by atoms with Crippen molar-refractivity contribution in [3.63, 3.8) is 0 Å². The average molecular weight is 423 g/mol. The molecule has 4 rings (SSSR count). The molecule has 136 valence electrons. The number of halogens is 3. The Bertz CT molecular complexity index is 1240. The van der Waals surface area contributed by atoms with Gasteiger partial charge in [0.25, 0.3) is 5.56 Å². The van der Waals surface area contributed by atoms with Gasteiger partial charge in [-0.2, -0.15) is 0 Å². The van der Waals surface area contributed by atoms with Gasteiger partial charge in [0.05, 0.1) is 22.1 Å². The van der Waals surface area contributed by atoms with E-state index < -0.39 is 11.5 Å². The number of hydrogen-bond acceptors (Lipinski definition) is 4. The van der Waals surface area contributed by atoms with Crippen molar-refractivity contribution in [2.75, 3.05) is 5.32 Å². The summed E-state index contributed by atoms with van der Waals surface area (Å²) in [5.41, 5.74) is 0.863. The molecule has 0 radical (unpaired) electrons. The first-order valence-electron chi connectivity index (χ1n) is 7.75. The molecular weight excluding hydrogens is 413 g/mol. The van der Waals surface area contributed by atoms with Gasteiger partial charge in [-0.25, -0.2) is 4.98 Å². The summed E-state index contributed by atoms with van der Waals surface area (Å²) in [6, 6.07) is 10.1. The normalized spacial score (nSPS) is 11.2. The number of para-hydroxylation sites is 1. The minimum absolute atomic E-state index is 0.0917. The molecular formula is C18H10Cl3N3O3. The summed E-state index contributed by atoms with van der Waals surface area (Å²) in [4.78, 5) is 29.3. The molecule has 0 saturated carbocycles. The second kappa shape index (κ2) is 6.88. The Morgan fingerprint density at radius 2 is 1.85 bits per heavy atom. The van der Waals surface area contributed by atoms with Gasteiger partial charge in [-0.05, 0) is 24.3 Å². The zero-order valence-electron chi connectivity index (χ0n) is 13.5. The van der Waals surface area contributed by atoms with Crippen molar-refractivity contribution in [1.82, 2.24) is 9.55 Å². The van der Waals surface area contributed by atoms with E-state index in [1.54, 1.807) is 12.1 Å². The van der Waals surface area contributed by atoms with Crippen molar-refractivity contribution in [3.05, 3.63) is 68.1 Å². The zero-order valence-corrected chi connectivity index (χ0v) is 15.8. The van der Waals surface area contributed by atoms with Crippen LogP contribution in [-0.4, -0.2) is 15.5 Å². The Morgan fingerprint density at radius 3 is 2.59 bits per heavy atom. The Morgan fingerprint density at radius 1 is 1.15 bits per heavy atom. The van der Waals surface area contributed by atoms with Gasteiger partial charge in [0, 0.05) is 10.4 Å². The number of anilines is 1. The molecule has 0 spiro atoms. The maximum absolute atomic E-state index is 12.6. The monoisotopic (exact) mass is 421 g/mol. The molecule has 0 aliphatic heterocycles. The molecule has 9 heteroatoms. The van der Waals surface area contributed by atoms with Crippen molar-refractivity contribution in [2.24, 2.45) is 0 Å². The van der Waals surface area contributed by atoms with Crippen LogP contribution in [0, 0.1) is 0 Å². The number of benzene rings is 2. The highest BCUT2D eigenvalue weighted by molar-refractivity contribution is 6.42. The number of nitrogens with one attached hydrogen (secondary N) is 1. The molecule has 0 saturated heterocycles. The van der Waals surface area contributed by atoms with Crippen LogP contribution >= 0.6 is 34.8 Å². The summed E-state index contributed by atoms with van der Waals surface area (Å²) in [7, 11) is 0. The van der Waals surface area contributed by atoms with Gasteiger partial charge in [0.2, 0.25) is 11.5 Å². The van der Waals surface area contributed by atoms with E-state index in [0.717, 1.165) is 9.95 Å². The van der Waals surface area contributed by atoms with Crippen LogP contribution < -0.4 is 10.9 Å². The molecule has 2 aromatic carbocycles. The number of carbonyl (C=O) groups excluding carboxylic acids is 1. The van der Waals surface area contributed by atoms with Gasteiger partial charge in [-0.1, -0.05) is 46.9 Å². The molecule has 0 atom stereocenters. The first-order chi connectivity index (χ1) is 12.9. The zero-order chi connectivity index (χ0) is 19.1. The standard InChI is InChI=1S/C18H10Cl3N3O3/c19-9-5-11(20)16(12(21)6-9)23-14(25)7-24-8-22-15-10-3-1-2-4-13(10)27-17(15)18(24)26/h1-6,8H,7H2,(H,23,25). The van der Waals surface area contributed by atoms with Crippen molar-refractivity contribution in [1.29, 1.82) is 0 Å². The minimum atomic E-state index is -0.500. The fraction of sp³-hybridized carbons (Fsp3) is 0.0556. The number of hydrogen-bond donors (Lipinski definition) is 1. The summed E-state index contributed by atoms with van der Waals surface area (Å²) >= 11 is 18.0. The Labute approximate surface area is 167 Å². The number of furan rings is 1. The first kappa shape index (κ1) is 17.9. The fourth-order valence-corrected chi connectivity index (χ4v) is 3.63. The third-order valence-corrected chi connectivity index (χ3v) is 4.75. The number of amides is 1. The van der Waals surface area contributed by atoms with Crippen LogP contribution in [0.5, 0.6) is 0 Å². The molecule has 6 nitrogen and oxygen atoms in total. The highest BCUT2D eigenvalue weighted by atomic mass is 35.5. The molecule has 0 fully saturated rings. The largest absolute Gasteiger partial charge is 0.448 e. The lowest BCUT2D eigenvalue weighted by molar-refractivity contribution is -0.116. The van der Waals surface area contributed by atoms with Crippen LogP contribution in [0.25, 0.3) is 22.1 Å². The molecule has 0 aliphatic rings. The van der Waals surface area contributed by atoms with Gasteiger partial charge < -0.3 is 9.73 Å². The van der Waals surface area contributed by atoms with Gasteiger partial charge in [-0.15, -0.1) is 0 Å². The number of rotatable bonds is 3. The molecule has 27 heavy (non-hydrogen) atoms. The Hall–Kier alpha value is -2.54. The number of fused-ring (bicyclic) bond motifs is 3. The van der Waals surface area contributed by atoms with Crippen LogP contribution in [0.2, 0.25) is 15.1 Å². The van der Waals surface area contributed by atoms with Gasteiger partial charge in [0.1, 0.15) is 17.6 Å². The van der Waals surface area contributed by atoms with E-state index in [4.69, 9.17) is 39.2 Å². The highest BCUT2D eigenvalue weighted by Crippen LogP contribution is 2.33. The highest BCUT2D eigenvalue weighted by Gasteiger charge is 2.16. The fourth-order valence-electron chi connectivity index (χ4n) is 2.72. The van der Waals surface area contributed by atoms with Crippen molar-refractivity contribution in [3.8, 4) is 0 Å². The quantitative estimate of drug-likeness (QED) is 0.517. The summed E-state index contributed by atoms with van der Waals surface area (Å²) < 4.78 is 6.74. The predicted molar refractivity (Wildman–Crippen MR) is 106 cm³/mol. The van der Waals surface area contributed by atoms with E-state index in [-0.39, 0.29) is 27.9 Å². The second-order valence-corrected chi connectivity index (χ2v) is 7.00. The van der Waals surface area contributed by atoms with E-state index in [1.807, 2.05) is 12.1 Å². The van der Waals surface area contributed by atoms with Crippen LogP contribution in [0.15, 0.2) is 51.9 Å². The number of carbonyl (C=O) groups is 1. The van der Waals surface area contributed by atoms with E-state index in [2.05, 4.69) is 10.3 Å². The van der Waals surface area contributed by atoms with Crippen LogP contribution in [0.4, 0.5) is 5.69 Å². The number of aromatic nitrogens is 2. The first-order valence-corrected chi connectivity index (χ1v) is 8.88. The molecule has 4 aromatic rings. The Kier molecular flexibility index (Phi) is 4.55. The Balaban J connectivity index is 1.66. The second-order valence-electron chi connectivity index (χ2n) is 5.75. The smallest absolute Gasteiger partial charge is 0.297 e. The molecule has 1 N–H and O–H groups in total. The van der Waals surface area contributed by atoms with Crippen LogP contribution in [0.3, 0.4) is 0 Å². The van der Waals surface area contributed by atoms with Crippen LogP contribution in [0.1, 0.15) is 0 Å². The van der Waals surface area contributed by atoms with Gasteiger partial charge >= 0.3 is 0 Å². The molecule has 2 aromatic heterocycles. The maximum atomic E-state index is 12.6. The average Bonchev–Trinajstić information content (AvgIpc) is 3.00. The van der Waals surface area contributed by atoms with Crippen molar-refractivity contribution in [2.45, 2.75) is 6.54 Å². The summed E-state index contributed by atoms with van der Waals surface area (Å²) in [5.74, 6) is -0.500. The molecule has 0 aliphatic carbocycles. The lowest BCUT2D eigenvalue weighted by Crippen LogP contribution is -2.27. The van der Waals surface area contributed by atoms with E-state index in [0.29, 0.717) is 16.1 Å². The molecule has 1 amide bonds. The molecule has 0 bridgehead atoms. The third kappa shape index (κ3) is 3.27. The lowest BCUT2D eigenvalue weighted by Gasteiger charge is -2.10. The lowest BCUT2D eigenvalue weighted by atomic mass is 10.2. The summed E-state index contributed by atoms with van der Waals surface area (Å²) in [6.07, 6.45) is 1.30. The van der Waals surface area contributed by atoms with E-state index >= 15 is 0 Å².